The second-order valence-electron chi connectivity index (χ2n) is 6.46. The Morgan fingerprint density at radius 1 is 1.12 bits per heavy atom. The highest BCUT2D eigenvalue weighted by Gasteiger charge is 2.51. The summed E-state index contributed by atoms with van der Waals surface area (Å²) in [4.78, 5) is 25.4. The summed E-state index contributed by atoms with van der Waals surface area (Å²) in [6.45, 7) is 1.51. The Labute approximate surface area is 143 Å². The number of benzene rings is 1. The zero-order chi connectivity index (χ0) is 18.4. The monoisotopic (exact) mass is 350 g/mol. The van der Waals surface area contributed by atoms with E-state index in [9.17, 15) is 22.8 Å². The molecular weight excluding hydrogens is 333 g/mol. The number of carbonyl (C=O) groups is 2. The zero-order valence-corrected chi connectivity index (χ0v) is 13.9. The molecule has 3 rings (SSSR count). The van der Waals surface area contributed by atoms with E-state index >= 15 is 0 Å². The fourth-order valence-electron chi connectivity index (χ4n) is 3.94. The van der Waals surface area contributed by atoms with E-state index in [0.717, 1.165) is 6.07 Å². The van der Waals surface area contributed by atoms with E-state index in [4.69, 9.17) is 4.74 Å². The average Bonchev–Trinajstić information content (AvgIpc) is 3.00. The molecule has 25 heavy (non-hydrogen) atoms. The van der Waals surface area contributed by atoms with Crippen LogP contribution in [0.15, 0.2) is 12.1 Å². The average molecular weight is 350 g/mol. The van der Waals surface area contributed by atoms with E-state index in [1.54, 1.807) is 0 Å². The van der Waals surface area contributed by atoms with Crippen molar-refractivity contribution >= 4 is 11.6 Å². The molecule has 0 N–H and O–H groups in total. The predicted octanol–water partition coefficient (Wildman–Crippen LogP) is 3.74. The normalized spacial score (nSPS) is 25.6. The van der Waals surface area contributed by atoms with Gasteiger partial charge in [0.2, 0.25) is 0 Å². The van der Waals surface area contributed by atoms with Crippen molar-refractivity contribution in [2.45, 2.75) is 38.3 Å². The molecule has 2 fully saturated rings. The number of hydrogen-bond donors (Lipinski definition) is 0. The van der Waals surface area contributed by atoms with Crippen LogP contribution in [0, 0.1) is 23.7 Å². The van der Waals surface area contributed by atoms with Crippen LogP contribution >= 0.6 is 0 Å². The molecule has 2 atom stereocenters. The van der Waals surface area contributed by atoms with Crippen molar-refractivity contribution in [3.8, 4) is 17.6 Å². The standard InChI is InChI=1S/C19H17F3O3/c1-3-4-10-7-13(19(20,21)22)15(14(8-10)25-2)16-17(23)11-5-6-12(9-11)18(16)24/h7-8,11-12,16H,5-6,9H2,1-2H3. The Morgan fingerprint density at radius 3 is 2.20 bits per heavy atom. The largest absolute Gasteiger partial charge is 0.496 e. The summed E-state index contributed by atoms with van der Waals surface area (Å²) in [5.74, 6) is 2.10. The summed E-state index contributed by atoms with van der Waals surface area (Å²) in [6, 6.07) is 2.25. The number of rotatable bonds is 2. The molecule has 0 aliphatic heterocycles. The molecule has 1 aromatic carbocycles. The maximum Gasteiger partial charge on any atom is 0.416 e. The smallest absolute Gasteiger partial charge is 0.416 e. The highest BCUT2D eigenvalue weighted by molar-refractivity contribution is 6.12. The van der Waals surface area contributed by atoms with Gasteiger partial charge in [-0.15, -0.1) is 5.92 Å². The Kier molecular flexibility index (Phi) is 4.36. The lowest BCUT2D eigenvalue weighted by Gasteiger charge is -2.29. The van der Waals surface area contributed by atoms with Gasteiger partial charge in [0.25, 0.3) is 0 Å². The van der Waals surface area contributed by atoms with Gasteiger partial charge in [-0.2, -0.15) is 13.2 Å². The van der Waals surface area contributed by atoms with Gasteiger partial charge in [0.1, 0.15) is 11.7 Å². The second kappa shape index (κ2) is 6.21. The van der Waals surface area contributed by atoms with Crippen molar-refractivity contribution in [2.75, 3.05) is 7.11 Å². The number of halogens is 3. The Hall–Kier alpha value is -2.29. The lowest BCUT2D eigenvalue weighted by molar-refractivity contribution is -0.140. The molecule has 0 radical (unpaired) electrons. The lowest BCUT2D eigenvalue weighted by Crippen LogP contribution is -2.36. The molecule has 2 aliphatic rings. The Bertz CT molecular complexity index is 777. The predicted molar refractivity (Wildman–Crippen MR) is 84.1 cm³/mol. The van der Waals surface area contributed by atoms with Gasteiger partial charge in [0.15, 0.2) is 11.6 Å². The summed E-state index contributed by atoms with van der Waals surface area (Å²) >= 11 is 0. The topological polar surface area (TPSA) is 43.4 Å². The third-order valence-electron chi connectivity index (χ3n) is 5.03. The number of ketones is 2. The number of ether oxygens (including phenoxy) is 1. The number of alkyl halides is 3. The lowest BCUT2D eigenvalue weighted by atomic mass is 9.73. The van der Waals surface area contributed by atoms with Crippen LogP contribution in [0.5, 0.6) is 5.75 Å². The number of hydrogen-bond acceptors (Lipinski definition) is 3. The van der Waals surface area contributed by atoms with Crippen LogP contribution in [-0.2, 0) is 15.8 Å². The Morgan fingerprint density at radius 2 is 1.72 bits per heavy atom. The molecule has 3 nitrogen and oxygen atoms in total. The van der Waals surface area contributed by atoms with Crippen molar-refractivity contribution in [2.24, 2.45) is 11.8 Å². The van der Waals surface area contributed by atoms with Crippen molar-refractivity contribution in [3.05, 3.63) is 28.8 Å². The number of methoxy groups -OCH3 is 1. The van der Waals surface area contributed by atoms with Gasteiger partial charge < -0.3 is 4.74 Å². The molecule has 2 saturated carbocycles. The molecule has 2 aliphatic carbocycles. The number of Topliss-reactive ketones (excluding diaryl/α,β-unsaturated/α-hetero) is 2. The van der Waals surface area contributed by atoms with Gasteiger partial charge >= 0.3 is 6.18 Å². The molecule has 0 saturated heterocycles. The minimum Gasteiger partial charge on any atom is -0.496 e. The van der Waals surface area contributed by atoms with Crippen LogP contribution in [0.25, 0.3) is 0 Å². The van der Waals surface area contributed by atoms with Gasteiger partial charge in [0.05, 0.1) is 12.7 Å². The number of fused-ring (bicyclic) bond motifs is 2. The van der Waals surface area contributed by atoms with Gasteiger partial charge in [-0.3, -0.25) is 9.59 Å². The first-order chi connectivity index (χ1) is 11.8. The number of carbonyl (C=O) groups excluding carboxylic acids is 2. The first-order valence-electron chi connectivity index (χ1n) is 8.07. The maximum atomic E-state index is 13.7. The molecule has 0 amide bonds. The molecule has 0 heterocycles. The van der Waals surface area contributed by atoms with Crippen LogP contribution in [0.2, 0.25) is 0 Å². The molecule has 0 aromatic heterocycles. The minimum absolute atomic E-state index is 0.111. The highest BCUT2D eigenvalue weighted by atomic mass is 19.4. The van der Waals surface area contributed by atoms with Gasteiger partial charge in [0, 0.05) is 23.0 Å². The first kappa shape index (κ1) is 17.5. The van der Waals surface area contributed by atoms with Crippen LogP contribution in [0.1, 0.15) is 48.8 Å². The van der Waals surface area contributed by atoms with Crippen molar-refractivity contribution in [3.63, 3.8) is 0 Å². The van der Waals surface area contributed by atoms with E-state index < -0.39 is 29.2 Å². The molecule has 0 spiro atoms. The van der Waals surface area contributed by atoms with E-state index in [2.05, 4.69) is 11.8 Å². The molecule has 1 aromatic rings. The summed E-state index contributed by atoms with van der Waals surface area (Å²) in [5.41, 5.74) is -1.24. The third kappa shape index (κ3) is 2.92. The molecule has 2 bridgehead atoms. The SMILES string of the molecule is CC#Cc1cc(OC)c(C2C(=O)C3CCC(C3)C2=O)c(C(F)(F)F)c1. The third-order valence-corrected chi connectivity index (χ3v) is 5.03. The van der Waals surface area contributed by atoms with Gasteiger partial charge in [-0.05, 0) is 38.3 Å². The van der Waals surface area contributed by atoms with Gasteiger partial charge in [-0.1, -0.05) is 5.92 Å². The van der Waals surface area contributed by atoms with Crippen molar-refractivity contribution in [1.82, 2.24) is 0 Å². The Balaban J connectivity index is 2.24. The van der Waals surface area contributed by atoms with Crippen LogP contribution in [0.3, 0.4) is 0 Å². The van der Waals surface area contributed by atoms with E-state index in [1.807, 2.05) is 0 Å². The minimum atomic E-state index is -4.72. The molecule has 132 valence electrons. The summed E-state index contributed by atoms with van der Waals surface area (Å²) < 4.78 is 46.2. The highest BCUT2D eigenvalue weighted by Crippen LogP contribution is 2.49. The van der Waals surface area contributed by atoms with Crippen LogP contribution in [0.4, 0.5) is 13.2 Å². The van der Waals surface area contributed by atoms with E-state index in [1.165, 1.54) is 20.1 Å². The summed E-state index contributed by atoms with van der Waals surface area (Å²) in [7, 11) is 1.23. The fourth-order valence-corrected chi connectivity index (χ4v) is 3.94. The first-order valence-corrected chi connectivity index (χ1v) is 8.07. The fraction of sp³-hybridized carbons (Fsp3) is 0.474. The van der Waals surface area contributed by atoms with Crippen molar-refractivity contribution < 1.29 is 27.5 Å². The molecular formula is C19H17F3O3. The second-order valence-corrected chi connectivity index (χ2v) is 6.46. The van der Waals surface area contributed by atoms with E-state index in [-0.39, 0.29) is 28.7 Å². The molecule has 2 unspecified atom stereocenters. The zero-order valence-electron chi connectivity index (χ0n) is 13.9. The quantitative estimate of drug-likeness (QED) is 0.603. The summed E-state index contributed by atoms with van der Waals surface area (Å²) in [5, 5.41) is 0. The van der Waals surface area contributed by atoms with E-state index in [0.29, 0.717) is 19.3 Å². The maximum absolute atomic E-state index is 13.7. The molecule has 6 heteroatoms. The van der Waals surface area contributed by atoms with Crippen molar-refractivity contribution in [1.29, 1.82) is 0 Å². The van der Waals surface area contributed by atoms with Crippen LogP contribution in [-0.4, -0.2) is 18.7 Å². The van der Waals surface area contributed by atoms with Gasteiger partial charge in [-0.25, -0.2) is 0 Å². The summed E-state index contributed by atoms with van der Waals surface area (Å²) in [6.07, 6.45) is -3.13. The van der Waals surface area contributed by atoms with Crippen LogP contribution < -0.4 is 4.74 Å².